The van der Waals surface area contributed by atoms with Gasteiger partial charge in [-0.05, 0) is 84.6 Å². The van der Waals surface area contributed by atoms with Gasteiger partial charge in [0.05, 0.1) is 16.1 Å². The van der Waals surface area contributed by atoms with Crippen molar-refractivity contribution in [1.82, 2.24) is 31.1 Å². The van der Waals surface area contributed by atoms with E-state index in [0.29, 0.717) is 24.5 Å². The third-order valence-electron chi connectivity index (χ3n) is 11.1. The largest absolute Gasteiger partial charge is 0.417 e. The summed E-state index contributed by atoms with van der Waals surface area (Å²) in [5.74, 6) is 0. The average molecular weight is 989 g/mol. The normalized spacial score (nSPS) is 17.7. The summed E-state index contributed by atoms with van der Waals surface area (Å²) in [4.78, 5) is 8.89. The molecular formula is C46H59BrCl2F6N8. The molecule has 0 unspecified atom stereocenters. The van der Waals surface area contributed by atoms with Gasteiger partial charge < -0.3 is 36.0 Å². The second-order valence-electron chi connectivity index (χ2n) is 15.8. The highest BCUT2D eigenvalue weighted by molar-refractivity contribution is 9.10. The fourth-order valence-electron chi connectivity index (χ4n) is 7.48. The number of hydrogen-bond donors (Lipinski definition) is 4. The van der Waals surface area contributed by atoms with Crippen LogP contribution in [0.15, 0.2) is 89.4 Å². The molecule has 0 spiro atoms. The highest BCUT2D eigenvalue weighted by Gasteiger charge is 2.34. The van der Waals surface area contributed by atoms with E-state index in [1.807, 2.05) is 21.9 Å². The Kier molecular flexibility index (Phi) is 20.6. The number of rotatable bonds is 7. The number of nitrogens with one attached hydrogen (secondary N) is 4. The number of alkyl halides is 6. The highest BCUT2D eigenvalue weighted by atomic mass is 79.9. The lowest BCUT2D eigenvalue weighted by Crippen LogP contribution is -2.44. The molecule has 4 saturated heterocycles. The van der Waals surface area contributed by atoms with Crippen molar-refractivity contribution in [3.05, 3.63) is 127 Å². The van der Waals surface area contributed by atoms with E-state index in [2.05, 4.69) is 83.4 Å². The standard InChI is InChI=1S/C12H17ClN2.C12H15F3N2.C11H15BrN2.C11H12ClF3N2/c13-12-3-1-11(2-4-12)5-8-15-9-6-14-7-10-15;1-9-2-3-10(8-11(9)12(13,14)15)17-6-4-16-5-7-17;12-11-3-1-10(2-4-11)9-14-7-5-13-6-8-14;12-10-2-1-8(7-9(10)11(13,14)15)17-5-3-16-4-6-17/h1-4,14H,5-10H2;2-3,8,16H,4-7H2,1H3;1-4,13H,5-9H2;1-2,7,16H,3-6H2. The molecule has 0 aromatic heterocycles. The molecule has 0 radical (unpaired) electrons. The van der Waals surface area contributed by atoms with Crippen LogP contribution in [0.25, 0.3) is 0 Å². The molecule has 346 valence electrons. The lowest BCUT2D eigenvalue weighted by atomic mass is 10.1. The van der Waals surface area contributed by atoms with Crippen LogP contribution in [0, 0.1) is 6.92 Å². The molecule has 0 bridgehead atoms. The second-order valence-corrected chi connectivity index (χ2v) is 17.5. The van der Waals surface area contributed by atoms with Gasteiger partial charge in [0.1, 0.15) is 0 Å². The number of nitrogens with zero attached hydrogens (tertiary/aromatic N) is 4. The topological polar surface area (TPSA) is 61.1 Å². The fourth-order valence-corrected chi connectivity index (χ4v) is 8.09. The van der Waals surface area contributed by atoms with Crippen molar-refractivity contribution in [1.29, 1.82) is 0 Å². The maximum absolute atomic E-state index is 12.8. The minimum Gasteiger partial charge on any atom is -0.369 e. The summed E-state index contributed by atoms with van der Waals surface area (Å²) in [6, 6.07) is 25.4. The Hall–Kier alpha value is -3.12. The molecule has 0 aliphatic carbocycles. The zero-order valence-electron chi connectivity index (χ0n) is 35.7. The molecule has 4 heterocycles. The van der Waals surface area contributed by atoms with E-state index in [1.165, 1.54) is 43.3 Å². The summed E-state index contributed by atoms with van der Waals surface area (Å²) in [5.41, 5.74) is 2.97. The highest BCUT2D eigenvalue weighted by Crippen LogP contribution is 2.37. The van der Waals surface area contributed by atoms with Crippen LogP contribution in [-0.2, 0) is 25.3 Å². The van der Waals surface area contributed by atoms with Crippen LogP contribution in [0.3, 0.4) is 0 Å². The smallest absolute Gasteiger partial charge is 0.369 e. The van der Waals surface area contributed by atoms with Gasteiger partial charge in [0, 0.05) is 139 Å². The molecule has 4 aliphatic rings. The molecule has 8 rings (SSSR count). The zero-order valence-corrected chi connectivity index (χ0v) is 38.8. The summed E-state index contributed by atoms with van der Waals surface area (Å²) in [7, 11) is 0. The van der Waals surface area contributed by atoms with E-state index in [-0.39, 0.29) is 10.6 Å². The van der Waals surface area contributed by atoms with Crippen molar-refractivity contribution >= 4 is 50.5 Å². The summed E-state index contributed by atoms with van der Waals surface area (Å²) in [6.45, 7) is 19.0. The monoisotopic (exact) mass is 986 g/mol. The first-order valence-electron chi connectivity index (χ1n) is 21.5. The number of anilines is 2. The predicted octanol–water partition coefficient (Wildman–Crippen LogP) is 8.83. The lowest BCUT2D eigenvalue weighted by Gasteiger charge is -2.30. The van der Waals surface area contributed by atoms with Crippen LogP contribution in [0.4, 0.5) is 37.7 Å². The Morgan fingerprint density at radius 2 is 0.952 bits per heavy atom. The summed E-state index contributed by atoms with van der Waals surface area (Å²) in [6.07, 6.45) is -7.55. The Morgan fingerprint density at radius 3 is 1.44 bits per heavy atom. The van der Waals surface area contributed by atoms with Crippen molar-refractivity contribution < 1.29 is 26.3 Å². The first kappa shape index (κ1) is 50.9. The molecule has 4 aromatic carbocycles. The molecule has 0 atom stereocenters. The maximum atomic E-state index is 12.8. The van der Waals surface area contributed by atoms with Crippen LogP contribution in [0.5, 0.6) is 0 Å². The van der Waals surface area contributed by atoms with Gasteiger partial charge in [0.2, 0.25) is 0 Å². The molecule has 4 aromatic rings. The molecule has 0 saturated carbocycles. The van der Waals surface area contributed by atoms with Gasteiger partial charge in [-0.15, -0.1) is 0 Å². The van der Waals surface area contributed by atoms with Gasteiger partial charge in [-0.3, -0.25) is 4.90 Å². The number of halogens is 9. The summed E-state index contributed by atoms with van der Waals surface area (Å²) >= 11 is 14.9. The van der Waals surface area contributed by atoms with Gasteiger partial charge in [-0.2, -0.15) is 26.3 Å². The van der Waals surface area contributed by atoms with E-state index < -0.39 is 23.5 Å². The van der Waals surface area contributed by atoms with E-state index in [4.69, 9.17) is 23.2 Å². The van der Waals surface area contributed by atoms with Crippen LogP contribution >= 0.6 is 39.1 Å². The number of benzene rings is 4. The van der Waals surface area contributed by atoms with Crippen molar-refractivity contribution in [2.45, 2.75) is 32.2 Å². The first-order valence-corrected chi connectivity index (χ1v) is 23.0. The number of piperazine rings is 4. The van der Waals surface area contributed by atoms with Crippen molar-refractivity contribution in [3.63, 3.8) is 0 Å². The van der Waals surface area contributed by atoms with E-state index in [0.717, 1.165) is 114 Å². The third-order valence-corrected chi connectivity index (χ3v) is 12.2. The summed E-state index contributed by atoms with van der Waals surface area (Å²) < 4.78 is 77.5. The second kappa shape index (κ2) is 25.5. The Morgan fingerprint density at radius 1 is 0.524 bits per heavy atom. The van der Waals surface area contributed by atoms with Crippen LogP contribution in [0.1, 0.15) is 27.8 Å². The molecule has 4 N–H and O–H groups in total. The summed E-state index contributed by atoms with van der Waals surface area (Å²) in [5, 5.41) is 13.6. The maximum Gasteiger partial charge on any atom is 0.417 e. The van der Waals surface area contributed by atoms with E-state index in [1.54, 1.807) is 18.2 Å². The lowest BCUT2D eigenvalue weighted by molar-refractivity contribution is -0.138. The number of aryl methyl sites for hydroxylation is 1. The number of hydrogen-bond acceptors (Lipinski definition) is 8. The molecule has 4 aliphatic heterocycles. The van der Waals surface area contributed by atoms with Crippen LogP contribution < -0.4 is 31.1 Å². The van der Waals surface area contributed by atoms with Crippen molar-refractivity contribution in [3.8, 4) is 0 Å². The molecule has 4 fully saturated rings. The molecular weight excluding hydrogens is 929 g/mol. The average Bonchev–Trinajstić information content (AvgIpc) is 3.28. The minimum atomic E-state index is -4.40. The van der Waals surface area contributed by atoms with Gasteiger partial charge in [0.15, 0.2) is 0 Å². The van der Waals surface area contributed by atoms with Crippen LogP contribution in [0.2, 0.25) is 10.0 Å². The van der Waals surface area contributed by atoms with E-state index >= 15 is 0 Å². The Bertz CT molecular complexity index is 1850. The molecule has 8 nitrogen and oxygen atoms in total. The minimum absolute atomic E-state index is 0.253. The quantitative estimate of drug-likeness (QED) is 0.137. The molecule has 17 heteroatoms. The van der Waals surface area contributed by atoms with Gasteiger partial charge >= 0.3 is 12.4 Å². The third kappa shape index (κ3) is 17.7. The zero-order chi connectivity index (χ0) is 45.2. The molecule has 0 amide bonds. The van der Waals surface area contributed by atoms with Gasteiger partial charge in [-0.1, -0.05) is 69.5 Å². The fraction of sp³-hybridized carbons (Fsp3) is 0.478. The predicted molar refractivity (Wildman–Crippen MR) is 250 cm³/mol. The Balaban J connectivity index is 0.000000159. The van der Waals surface area contributed by atoms with E-state index in [9.17, 15) is 26.3 Å². The van der Waals surface area contributed by atoms with Gasteiger partial charge in [0.25, 0.3) is 0 Å². The van der Waals surface area contributed by atoms with Crippen LogP contribution in [-0.4, -0.2) is 121 Å². The van der Waals surface area contributed by atoms with Crippen molar-refractivity contribution in [2.24, 2.45) is 0 Å². The van der Waals surface area contributed by atoms with Gasteiger partial charge in [-0.25, -0.2) is 0 Å². The first-order chi connectivity index (χ1) is 30.2. The SMILES string of the molecule is Brc1ccc(CN2CCNCC2)cc1.Cc1ccc(N2CCNCC2)cc1C(F)(F)F.Clc1ccc(CCN2CCNCC2)cc1.FC(F)(F)c1cc(N2CCNCC2)ccc1Cl. The molecule has 63 heavy (non-hydrogen) atoms. The Labute approximate surface area is 386 Å². The van der Waals surface area contributed by atoms with Crippen molar-refractivity contribution in [2.75, 3.05) is 121 Å².